The van der Waals surface area contributed by atoms with Crippen molar-refractivity contribution in [1.82, 2.24) is 5.32 Å². The van der Waals surface area contributed by atoms with Crippen LogP contribution in [0.4, 0.5) is 0 Å². The van der Waals surface area contributed by atoms with Gasteiger partial charge in [-0.15, -0.1) is 0 Å². The topological polar surface area (TPSA) is 96.7 Å². The first-order valence-corrected chi connectivity index (χ1v) is 5.57. The van der Waals surface area contributed by atoms with Gasteiger partial charge in [0, 0.05) is 24.8 Å². The fourth-order valence-electron chi connectivity index (χ4n) is 1.32. The van der Waals surface area contributed by atoms with E-state index in [1.807, 2.05) is 13.8 Å². The van der Waals surface area contributed by atoms with E-state index >= 15 is 0 Å². The maximum absolute atomic E-state index is 8.62. The second-order valence-corrected chi connectivity index (χ2v) is 3.98. The molecule has 0 heterocycles. The van der Waals surface area contributed by atoms with E-state index < -0.39 is 0 Å². The number of aliphatic hydroxyl groups excluding tert-OH is 1. The molecular weight excluding hydrogens is 204 g/mol. The number of nitrogens with one attached hydrogen (secondary N) is 1. The van der Waals surface area contributed by atoms with Crippen LogP contribution in [-0.2, 0) is 0 Å². The number of amidine groups is 1. The Kier molecular flexibility index (Phi) is 7.58. The summed E-state index contributed by atoms with van der Waals surface area (Å²) in [6.07, 6.45) is 0.759. The van der Waals surface area contributed by atoms with Crippen molar-refractivity contribution >= 4 is 5.84 Å². The zero-order chi connectivity index (χ0) is 12.6. The molecule has 5 nitrogen and oxygen atoms in total. The number of nitrogens with zero attached hydrogens (tertiary/aromatic N) is 1. The Balaban J connectivity index is 4.16. The molecular formula is C11H24N4O. The Bertz CT molecular complexity index is 257. The van der Waals surface area contributed by atoms with E-state index in [9.17, 15) is 0 Å². The summed E-state index contributed by atoms with van der Waals surface area (Å²) in [6.45, 7) is 7.42. The number of nitrogens with two attached hydrogens (primary N) is 2. The van der Waals surface area contributed by atoms with E-state index in [2.05, 4.69) is 10.3 Å². The number of rotatable bonds is 7. The number of aliphatic hydroxyl groups is 1. The number of hydrogen-bond donors (Lipinski definition) is 4. The van der Waals surface area contributed by atoms with E-state index in [0.29, 0.717) is 5.84 Å². The van der Waals surface area contributed by atoms with E-state index in [1.54, 1.807) is 6.92 Å². The van der Waals surface area contributed by atoms with Crippen LogP contribution in [0.25, 0.3) is 0 Å². The normalized spacial score (nSPS) is 15.9. The van der Waals surface area contributed by atoms with Crippen molar-refractivity contribution in [2.24, 2.45) is 22.4 Å². The van der Waals surface area contributed by atoms with Crippen molar-refractivity contribution in [2.75, 3.05) is 19.7 Å². The van der Waals surface area contributed by atoms with Crippen LogP contribution in [0.1, 0.15) is 27.2 Å². The fraction of sp³-hybridized carbons (Fsp3) is 0.727. The molecule has 5 heteroatoms. The summed E-state index contributed by atoms with van der Waals surface area (Å²) in [7, 11) is 0. The van der Waals surface area contributed by atoms with Crippen LogP contribution in [0.5, 0.6) is 0 Å². The van der Waals surface area contributed by atoms with Crippen molar-refractivity contribution in [3.63, 3.8) is 0 Å². The molecule has 0 saturated heterocycles. The molecule has 94 valence electrons. The highest BCUT2D eigenvalue weighted by Gasteiger charge is 2.07. The third-order valence-electron chi connectivity index (χ3n) is 2.25. The highest BCUT2D eigenvalue weighted by Crippen LogP contribution is 2.09. The van der Waals surface area contributed by atoms with Crippen LogP contribution in [-0.4, -0.2) is 30.6 Å². The molecule has 0 spiro atoms. The van der Waals surface area contributed by atoms with Crippen LogP contribution < -0.4 is 16.8 Å². The quantitative estimate of drug-likeness (QED) is 0.283. The molecule has 0 rings (SSSR count). The van der Waals surface area contributed by atoms with Crippen LogP contribution in [0, 0.1) is 5.92 Å². The fourth-order valence-corrected chi connectivity index (χ4v) is 1.32. The first-order valence-electron chi connectivity index (χ1n) is 5.57. The molecule has 0 aromatic rings. The summed E-state index contributed by atoms with van der Waals surface area (Å²) in [5.41, 5.74) is 13.0. The average Bonchev–Trinajstić information content (AvgIpc) is 2.22. The third kappa shape index (κ3) is 6.42. The second kappa shape index (κ2) is 8.13. The SMILES string of the molecule is CC(N)=N/C(C)=C(/N)C(C)CNCCCO. The standard InChI is InChI=1S/C11H24N4O/c1-8(7-14-5-4-6-16)11(13)9(2)15-10(3)12/h8,14,16H,4-7,13H2,1-3H3,(H2,12,15)/b11-9+. The van der Waals surface area contributed by atoms with Crippen molar-refractivity contribution in [3.05, 3.63) is 11.4 Å². The Labute approximate surface area is 97.6 Å². The van der Waals surface area contributed by atoms with Gasteiger partial charge in [0.25, 0.3) is 0 Å². The molecule has 6 N–H and O–H groups in total. The lowest BCUT2D eigenvalue weighted by Gasteiger charge is -2.14. The summed E-state index contributed by atoms with van der Waals surface area (Å²) in [4.78, 5) is 4.12. The summed E-state index contributed by atoms with van der Waals surface area (Å²) in [6, 6.07) is 0. The molecule has 16 heavy (non-hydrogen) atoms. The monoisotopic (exact) mass is 228 g/mol. The van der Waals surface area contributed by atoms with Crippen LogP contribution in [0.2, 0.25) is 0 Å². The summed E-state index contributed by atoms with van der Waals surface area (Å²) < 4.78 is 0. The zero-order valence-corrected chi connectivity index (χ0v) is 10.5. The molecule has 0 aromatic carbocycles. The maximum atomic E-state index is 8.62. The van der Waals surface area contributed by atoms with Crippen LogP contribution in [0.15, 0.2) is 16.4 Å². The minimum Gasteiger partial charge on any atom is -0.400 e. The number of aliphatic imine (C=N–C) groups is 1. The molecule has 0 saturated carbocycles. The van der Waals surface area contributed by atoms with E-state index in [0.717, 1.165) is 30.9 Å². The van der Waals surface area contributed by atoms with Gasteiger partial charge in [-0.1, -0.05) is 6.92 Å². The van der Waals surface area contributed by atoms with Crippen LogP contribution >= 0.6 is 0 Å². The Hall–Kier alpha value is -1.07. The number of hydrogen-bond acceptors (Lipinski definition) is 4. The molecule has 0 aliphatic carbocycles. The molecule has 1 atom stereocenters. The van der Waals surface area contributed by atoms with E-state index in [1.165, 1.54) is 0 Å². The minimum absolute atomic E-state index is 0.210. The summed E-state index contributed by atoms with van der Waals surface area (Å²) in [5.74, 6) is 0.725. The first kappa shape index (κ1) is 14.9. The predicted octanol–water partition coefficient (Wildman–Crippen LogP) is 0.162. The van der Waals surface area contributed by atoms with Gasteiger partial charge < -0.3 is 21.9 Å². The molecule has 0 amide bonds. The van der Waals surface area contributed by atoms with E-state index in [4.69, 9.17) is 16.6 Å². The Morgan fingerprint density at radius 2 is 2.00 bits per heavy atom. The predicted molar refractivity (Wildman–Crippen MR) is 67.9 cm³/mol. The second-order valence-electron chi connectivity index (χ2n) is 3.98. The van der Waals surface area contributed by atoms with Crippen molar-refractivity contribution in [3.8, 4) is 0 Å². The molecule has 0 fully saturated rings. The lowest BCUT2D eigenvalue weighted by molar-refractivity contribution is 0.285. The minimum atomic E-state index is 0.210. The van der Waals surface area contributed by atoms with Crippen molar-refractivity contribution in [1.29, 1.82) is 0 Å². The molecule has 0 radical (unpaired) electrons. The molecule has 1 unspecified atom stereocenters. The molecule has 0 aliphatic heterocycles. The Morgan fingerprint density at radius 1 is 1.38 bits per heavy atom. The van der Waals surface area contributed by atoms with Gasteiger partial charge in [0.05, 0.1) is 11.5 Å². The van der Waals surface area contributed by atoms with E-state index in [-0.39, 0.29) is 12.5 Å². The average molecular weight is 228 g/mol. The third-order valence-corrected chi connectivity index (χ3v) is 2.25. The highest BCUT2D eigenvalue weighted by atomic mass is 16.3. The lowest BCUT2D eigenvalue weighted by Crippen LogP contribution is -2.27. The summed E-state index contributed by atoms with van der Waals surface area (Å²) in [5, 5.41) is 11.8. The summed E-state index contributed by atoms with van der Waals surface area (Å²) >= 11 is 0. The van der Waals surface area contributed by atoms with Gasteiger partial charge >= 0.3 is 0 Å². The Morgan fingerprint density at radius 3 is 2.50 bits per heavy atom. The van der Waals surface area contributed by atoms with Gasteiger partial charge in [-0.25, -0.2) is 4.99 Å². The zero-order valence-electron chi connectivity index (χ0n) is 10.5. The van der Waals surface area contributed by atoms with Gasteiger partial charge in [0.15, 0.2) is 0 Å². The van der Waals surface area contributed by atoms with Gasteiger partial charge in [-0.2, -0.15) is 0 Å². The lowest BCUT2D eigenvalue weighted by atomic mass is 10.1. The molecule has 0 aromatic heterocycles. The van der Waals surface area contributed by atoms with Gasteiger partial charge in [0.2, 0.25) is 0 Å². The smallest absolute Gasteiger partial charge is 0.0961 e. The largest absolute Gasteiger partial charge is 0.400 e. The van der Waals surface area contributed by atoms with Crippen molar-refractivity contribution < 1.29 is 5.11 Å². The van der Waals surface area contributed by atoms with Gasteiger partial charge in [0.1, 0.15) is 0 Å². The van der Waals surface area contributed by atoms with Crippen molar-refractivity contribution in [2.45, 2.75) is 27.2 Å². The molecule has 0 bridgehead atoms. The molecule has 0 aliphatic rings. The van der Waals surface area contributed by atoms with Crippen LogP contribution in [0.3, 0.4) is 0 Å². The first-order chi connectivity index (χ1) is 7.49. The maximum Gasteiger partial charge on any atom is 0.0961 e. The highest BCUT2D eigenvalue weighted by molar-refractivity contribution is 5.78. The number of allylic oxidation sites excluding steroid dienone is 1. The van der Waals surface area contributed by atoms with Gasteiger partial charge in [-0.05, 0) is 26.8 Å². The van der Waals surface area contributed by atoms with Gasteiger partial charge in [-0.3, -0.25) is 0 Å².